The molecule has 0 aliphatic heterocycles. The summed E-state index contributed by atoms with van der Waals surface area (Å²) in [5.74, 6) is -1.70. The van der Waals surface area contributed by atoms with E-state index in [-0.39, 0.29) is 17.9 Å². The van der Waals surface area contributed by atoms with Gasteiger partial charge in [0.15, 0.2) is 6.61 Å². The lowest BCUT2D eigenvalue weighted by atomic mass is 10.2. The zero-order valence-electron chi connectivity index (χ0n) is 11.5. The summed E-state index contributed by atoms with van der Waals surface area (Å²) < 4.78 is 10.4. The molecule has 2 rings (SSSR count). The van der Waals surface area contributed by atoms with Crippen molar-refractivity contribution in [3.8, 4) is 11.5 Å². The molecule has 5 heteroatoms. The molecule has 0 aliphatic carbocycles. The molecule has 0 saturated heterocycles. The first-order valence-corrected chi connectivity index (χ1v) is 6.39. The molecule has 21 heavy (non-hydrogen) atoms. The Morgan fingerprint density at radius 1 is 1.10 bits per heavy atom. The summed E-state index contributed by atoms with van der Waals surface area (Å²) in [7, 11) is 0. The van der Waals surface area contributed by atoms with Gasteiger partial charge in [0.05, 0.1) is 5.56 Å². The Labute approximate surface area is 122 Å². The van der Waals surface area contributed by atoms with Crippen LogP contribution in [0.1, 0.15) is 17.3 Å². The van der Waals surface area contributed by atoms with Gasteiger partial charge in [-0.2, -0.15) is 0 Å². The summed E-state index contributed by atoms with van der Waals surface area (Å²) in [4.78, 5) is 11.8. The van der Waals surface area contributed by atoms with Crippen molar-refractivity contribution < 1.29 is 24.5 Å². The van der Waals surface area contributed by atoms with Crippen LogP contribution in [-0.2, 0) is 4.74 Å². The molecule has 0 radical (unpaired) electrons. The Hall–Kier alpha value is -2.53. The van der Waals surface area contributed by atoms with Crippen LogP contribution >= 0.6 is 0 Å². The Morgan fingerprint density at radius 3 is 2.33 bits per heavy atom. The summed E-state index contributed by atoms with van der Waals surface area (Å²) in [6.45, 7) is 1.09. The minimum absolute atomic E-state index is 0.0611. The van der Waals surface area contributed by atoms with E-state index in [1.807, 2.05) is 6.07 Å². The molecule has 110 valence electrons. The molecule has 0 aromatic heterocycles. The maximum absolute atomic E-state index is 11.8. The van der Waals surface area contributed by atoms with Crippen LogP contribution in [0.25, 0.3) is 0 Å². The van der Waals surface area contributed by atoms with Crippen molar-refractivity contribution in [2.24, 2.45) is 0 Å². The lowest BCUT2D eigenvalue weighted by molar-refractivity contribution is -0.152. The highest BCUT2D eigenvalue weighted by atomic mass is 16.7. The van der Waals surface area contributed by atoms with Gasteiger partial charge in [-0.3, -0.25) is 0 Å². The first-order chi connectivity index (χ1) is 9.96. The molecule has 0 heterocycles. The van der Waals surface area contributed by atoms with Crippen LogP contribution < -0.4 is 4.74 Å². The SMILES string of the molecule is CC(O)(COC(=O)c1ccc(O)cc1)Oc1ccccc1. The van der Waals surface area contributed by atoms with Gasteiger partial charge in [0.25, 0.3) is 0 Å². The van der Waals surface area contributed by atoms with Crippen LogP contribution in [0.2, 0.25) is 0 Å². The van der Waals surface area contributed by atoms with Gasteiger partial charge >= 0.3 is 5.97 Å². The van der Waals surface area contributed by atoms with Gasteiger partial charge in [-0.1, -0.05) is 18.2 Å². The number of phenols is 1. The van der Waals surface area contributed by atoms with E-state index in [9.17, 15) is 9.90 Å². The van der Waals surface area contributed by atoms with E-state index in [1.54, 1.807) is 24.3 Å². The van der Waals surface area contributed by atoms with Gasteiger partial charge in [-0.05, 0) is 36.4 Å². The van der Waals surface area contributed by atoms with Crippen LogP contribution in [0.5, 0.6) is 11.5 Å². The molecular weight excluding hydrogens is 272 g/mol. The fourth-order valence-corrected chi connectivity index (χ4v) is 1.65. The summed E-state index contributed by atoms with van der Waals surface area (Å²) in [6.07, 6.45) is 0. The zero-order valence-corrected chi connectivity index (χ0v) is 11.5. The minimum atomic E-state index is -1.63. The number of ether oxygens (including phenoxy) is 2. The summed E-state index contributed by atoms with van der Waals surface area (Å²) in [5.41, 5.74) is 0.281. The lowest BCUT2D eigenvalue weighted by Gasteiger charge is -2.24. The van der Waals surface area contributed by atoms with Crippen molar-refractivity contribution in [3.63, 3.8) is 0 Å². The van der Waals surface area contributed by atoms with Gasteiger partial charge in [0.2, 0.25) is 5.79 Å². The van der Waals surface area contributed by atoms with Crippen molar-refractivity contribution in [2.45, 2.75) is 12.7 Å². The number of para-hydroxylation sites is 1. The number of phenolic OH excluding ortho intramolecular Hbond substituents is 1. The normalized spacial score (nSPS) is 13.2. The van der Waals surface area contributed by atoms with Crippen molar-refractivity contribution in [2.75, 3.05) is 6.61 Å². The second kappa shape index (κ2) is 6.28. The molecular formula is C16H16O5. The number of benzene rings is 2. The number of esters is 1. The van der Waals surface area contributed by atoms with E-state index in [1.165, 1.54) is 31.2 Å². The highest BCUT2D eigenvalue weighted by Crippen LogP contribution is 2.17. The van der Waals surface area contributed by atoms with Crippen LogP contribution in [0, 0.1) is 0 Å². The molecule has 2 N–H and O–H groups in total. The summed E-state index contributed by atoms with van der Waals surface area (Å²) in [6, 6.07) is 14.4. The van der Waals surface area contributed by atoms with E-state index >= 15 is 0 Å². The minimum Gasteiger partial charge on any atom is -0.508 e. The fourth-order valence-electron chi connectivity index (χ4n) is 1.65. The first kappa shape index (κ1) is 14.9. The third kappa shape index (κ3) is 4.50. The van der Waals surface area contributed by atoms with Crippen LogP contribution in [0.15, 0.2) is 54.6 Å². The van der Waals surface area contributed by atoms with Gasteiger partial charge in [0, 0.05) is 6.92 Å². The topological polar surface area (TPSA) is 76.0 Å². The second-order valence-electron chi connectivity index (χ2n) is 4.71. The Kier molecular flexibility index (Phi) is 4.45. The molecule has 0 saturated carbocycles. The molecule has 0 spiro atoms. The standard InChI is InChI=1S/C16H16O5/c1-16(19,21-14-5-3-2-4-6-14)11-20-15(18)12-7-9-13(17)10-8-12/h2-10,17,19H,11H2,1H3. The summed E-state index contributed by atoms with van der Waals surface area (Å²) >= 11 is 0. The van der Waals surface area contributed by atoms with E-state index in [0.29, 0.717) is 5.75 Å². The first-order valence-electron chi connectivity index (χ1n) is 6.39. The third-order valence-electron chi connectivity index (χ3n) is 2.66. The number of rotatable bonds is 5. The number of carbonyl (C=O) groups is 1. The monoisotopic (exact) mass is 288 g/mol. The van der Waals surface area contributed by atoms with Crippen LogP contribution in [0.3, 0.4) is 0 Å². The van der Waals surface area contributed by atoms with Crippen molar-refractivity contribution in [1.29, 1.82) is 0 Å². The summed E-state index contributed by atoms with van der Waals surface area (Å²) in [5, 5.41) is 19.2. The van der Waals surface area contributed by atoms with Crippen LogP contribution in [-0.4, -0.2) is 28.6 Å². The molecule has 2 aromatic rings. The number of carbonyl (C=O) groups excluding carboxylic acids is 1. The molecule has 1 unspecified atom stereocenters. The van der Waals surface area contributed by atoms with E-state index < -0.39 is 11.8 Å². The number of hydrogen-bond donors (Lipinski definition) is 2. The molecule has 0 aliphatic rings. The van der Waals surface area contributed by atoms with E-state index in [0.717, 1.165) is 0 Å². The average Bonchev–Trinajstić information content (AvgIpc) is 2.46. The van der Waals surface area contributed by atoms with E-state index in [2.05, 4.69) is 0 Å². The largest absolute Gasteiger partial charge is 0.508 e. The Morgan fingerprint density at radius 2 is 1.71 bits per heavy atom. The maximum atomic E-state index is 11.8. The lowest BCUT2D eigenvalue weighted by Crippen LogP contribution is -2.38. The van der Waals surface area contributed by atoms with E-state index in [4.69, 9.17) is 14.6 Å². The van der Waals surface area contributed by atoms with Crippen molar-refractivity contribution >= 4 is 5.97 Å². The Bertz CT molecular complexity index is 590. The molecule has 0 fully saturated rings. The smallest absolute Gasteiger partial charge is 0.338 e. The highest BCUT2D eigenvalue weighted by Gasteiger charge is 2.25. The maximum Gasteiger partial charge on any atom is 0.338 e. The average molecular weight is 288 g/mol. The molecule has 2 aromatic carbocycles. The van der Waals surface area contributed by atoms with Crippen molar-refractivity contribution in [1.82, 2.24) is 0 Å². The van der Waals surface area contributed by atoms with Crippen LogP contribution in [0.4, 0.5) is 0 Å². The molecule has 1 atom stereocenters. The number of aromatic hydroxyl groups is 1. The number of aliphatic hydroxyl groups is 1. The number of hydrogen-bond acceptors (Lipinski definition) is 5. The fraction of sp³-hybridized carbons (Fsp3) is 0.188. The van der Waals surface area contributed by atoms with Crippen molar-refractivity contribution in [3.05, 3.63) is 60.2 Å². The van der Waals surface area contributed by atoms with Gasteiger partial charge in [0.1, 0.15) is 11.5 Å². The highest BCUT2D eigenvalue weighted by molar-refractivity contribution is 5.89. The molecule has 5 nitrogen and oxygen atoms in total. The quantitative estimate of drug-likeness (QED) is 0.652. The predicted octanol–water partition coefficient (Wildman–Crippen LogP) is 2.34. The molecule has 0 bridgehead atoms. The third-order valence-corrected chi connectivity index (χ3v) is 2.66. The predicted molar refractivity (Wildman–Crippen MR) is 76.1 cm³/mol. The van der Waals surface area contributed by atoms with Gasteiger partial charge < -0.3 is 19.7 Å². The molecule has 0 amide bonds. The van der Waals surface area contributed by atoms with Gasteiger partial charge in [-0.15, -0.1) is 0 Å². The second-order valence-corrected chi connectivity index (χ2v) is 4.71. The zero-order chi connectivity index (χ0) is 15.3. The van der Waals surface area contributed by atoms with Gasteiger partial charge in [-0.25, -0.2) is 4.79 Å². The Balaban J connectivity index is 1.92.